The van der Waals surface area contributed by atoms with Crippen molar-refractivity contribution in [2.45, 2.75) is 82.5 Å². The van der Waals surface area contributed by atoms with Crippen molar-refractivity contribution in [3.8, 4) is 17.5 Å². The van der Waals surface area contributed by atoms with E-state index in [2.05, 4.69) is 45.6 Å². The summed E-state index contributed by atoms with van der Waals surface area (Å²) in [5.41, 5.74) is 4.94. The molecular weight excluding hydrogens is 536 g/mol. The Morgan fingerprint density at radius 1 is 1.10 bits per heavy atom. The molecule has 0 aromatic heterocycles. The van der Waals surface area contributed by atoms with E-state index in [4.69, 9.17) is 11.2 Å². The fraction of sp³-hybridized carbons (Fsp3) is 0.515. The normalized spacial score (nSPS) is 22.6. The molecule has 0 radical (unpaired) electrons. The number of amides is 1. The number of aliphatic hydroxyl groups excluding tert-OH is 3. The van der Waals surface area contributed by atoms with Crippen LogP contribution in [0, 0.1) is 24.5 Å². The van der Waals surface area contributed by atoms with E-state index in [0.29, 0.717) is 25.9 Å². The summed E-state index contributed by atoms with van der Waals surface area (Å²) in [7, 11) is 1.96. The lowest BCUT2D eigenvalue weighted by Crippen LogP contribution is -2.53. The summed E-state index contributed by atoms with van der Waals surface area (Å²) in [5.74, 6) is 2.81. The van der Waals surface area contributed by atoms with Crippen LogP contribution in [0.4, 0.5) is 0 Å². The topological polar surface area (TPSA) is 102 Å². The lowest BCUT2D eigenvalue weighted by atomic mass is 9.89. The number of likely N-dealkylation sites (N-methyl/N-ethyl adjacent to an activating group) is 1. The van der Waals surface area contributed by atoms with Crippen LogP contribution in [0.25, 0.3) is 0 Å². The van der Waals surface area contributed by atoms with Gasteiger partial charge in [-0.2, -0.15) is 0 Å². The van der Waals surface area contributed by atoms with Gasteiger partial charge in [-0.25, -0.2) is 0 Å². The summed E-state index contributed by atoms with van der Waals surface area (Å²) >= 11 is 1.28. The number of nitrogens with one attached hydrogen (secondary N) is 1. The number of hydrogen-bond acceptors (Lipinski definition) is 6. The van der Waals surface area contributed by atoms with Crippen LogP contribution in [0.2, 0.25) is 0 Å². The molecule has 1 amide bonds. The number of aliphatic hydroxyl groups is 3. The van der Waals surface area contributed by atoms with E-state index in [-0.39, 0.29) is 11.4 Å². The highest BCUT2D eigenvalue weighted by molar-refractivity contribution is 7.87. The van der Waals surface area contributed by atoms with Crippen LogP contribution in [0.15, 0.2) is 42.5 Å². The summed E-state index contributed by atoms with van der Waals surface area (Å²) in [4.78, 5) is 14.3. The number of hydrogen-bond donors (Lipinski definition) is 4. The van der Waals surface area contributed by atoms with Gasteiger partial charge in [0.2, 0.25) is 5.91 Å². The molecule has 8 heteroatoms. The average molecular weight is 581 g/mol. The van der Waals surface area contributed by atoms with Crippen molar-refractivity contribution in [2.24, 2.45) is 0 Å². The molecule has 0 saturated carbocycles. The second kappa shape index (κ2) is 14.9. The highest BCUT2D eigenvalue weighted by atomic mass is 32.1. The number of aryl methyl sites for hydroxylation is 2. The molecule has 0 aliphatic carbocycles. The molecule has 1 saturated heterocycles. The van der Waals surface area contributed by atoms with E-state index in [1.165, 1.54) is 16.7 Å². The predicted molar refractivity (Wildman–Crippen MR) is 165 cm³/mol. The quantitative estimate of drug-likeness (QED) is 0.305. The second-order valence-corrected chi connectivity index (χ2v) is 11.9. The second-order valence-electron chi connectivity index (χ2n) is 11.3. The Morgan fingerprint density at radius 2 is 1.78 bits per heavy atom. The van der Waals surface area contributed by atoms with Gasteiger partial charge in [0.1, 0.15) is 30.5 Å². The maximum atomic E-state index is 12.2. The van der Waals surface area contributed by atoms with Gasteiger partial charge in [-0.1, -0.05) is 53.6 Å². The van der Waals surface area contributed by atoms with Crippen LogP contribution in [-0.4, -0.2) is 82.5 Å². The van der Waals surface area contributed by atoms with E-state index >= 15 is 0 Å². The van der Waals surface area contributed by atoms with Gasteiger partial charge in [0.15, 0.2) is 0 Å². The van der Waals surface area contributed by atoms with Crippen LogP contribution < -0.4 is 5.32 Å². The SMILES string of the molecule is C#CC(C)(C)N(C)CCNC(=O)CCCc1ccc(Cc2cc([C@@H]3OC(C#SC)[C@@H](O)[C@H](O)[C@H]3O)ccc2C)cc1. The third-order valence-corrected chi connectivity index (χ3v) is 8.38. The number of ether oxygens (including phenoxy) is 1. The zero-order chi connectivity index (χ0) is 30.2. The van der Waals surface area contributed by atoms with Crippen molar-refractivity contribution in [1.29, 1.82) is 0 Å². The number of nitrogens with zero attached hydrogens (tertiary/aromatic N) is 1. The third-order valence-electron chi connectivity index (χ3n) is 7.91. The van der Waals surface area contributed by atoms with Crippen molar-refractivity contribution >= 4 is 17.1 Å². The van der Waals surface area contributed by atoms with E-state index in [9.17, 15) is 20.1 Å². The van der Waals surface area contributed by atoms with Crippen molar-refractivity contribution < 1.29 is 24.9 Å². The molecule has 41 heavy (non-hydrogen) atoms. The van der Waals surface area contributed by atoms with Crippen LogP contribution in [0.5, 0.6) is 0 Å². The van der Waals surface area contributed by atoms with Gasteiger partial charge in [-0.05, 0) is 74.9 Å². The first-order valence-electron chi connectivity index (χ1n) is 14.1. The van der Waals surface area contributed by atoms with Crippen LogP contribution in [0.1, 0.15) is 60.6 Å². The minimum Gasteiger partial charge on any atom is -0.387 e. The van der Waals surface area contributed by atoms with Crippen molar-refractivity contribution in [2.75, 3.05) is 26.4 Å². The number of carbonyl (C=O) groups excluding carboxylic acids is 1. The van der Waals surface area contributed by atoms with Gasteiger partial charge in [-0.15, -0.1) is 17.6 Å². The zero-order valence-corrected chi connectivity index (χ0v) is 25.6. The van der Waals surface area contributed by atoms with E-state index in [1.54, 1.807) is 6.26 Å². The molecule has 4 N–H and O–H groups in total. The lowest BCUT2D eigenvalue weighted by molar-refractivity contribution is -0.209. The summed E-state index contributed by atoms with van der Waals surface area (Å²) in [5, 5.41) is 37.2. The molecule has 0 bridgehead atoms. The van der Waals surface area contributed by atoms with Gasteiger partial charge < -0.3 is 25.4 Å². The first-order chi connectivity index (χ1) is 19.5. The standard InChI is InChI=1S/C33H44N2O5S/c1-7-33(3,4)35(5)18-17-34-28(36)10-8-9-23-12-14-24(15-13-23)19-26-20-25(16-11-22(26)2)32-31(39)30(38)29(37)27(40-32)21-41-6/h1,11-16,20,27,29-32,37-39H,8-10,17-19H2,2-6H3,(H,34,36)/t27?,29-,30+,31-,32+/m1/s1. The molecule has 1 unspecified atom stereocenters. The van der Waals surface area contributed by atoms with Crippen LogP contribution >= 0.6 is 11.2 Å². The highest BCUT2D eigenvalue weighted by Crippen LogP contribution is 2.33. The molecule has 222 valence electrons. The Balaban J connectivity index is 1.53. The minimum absolute atomic E-state index is 0.0496. The molecular formula is C33H44N2O5S. The van der Waals surface area contributed by atoms with Gasteiger partial charge in [0, 0.05) is 25.8 Å². The number of benzene rings is 2. The molecule has 1 heterocycles. The lowest BCUT2D eigenvalue weighted by Gasteiger charge is -2.39. The third kappa shape index (κ3) is 8.88. The van der Waals surface area contributed by atoms with Gasteiger partial charge in [0.25, 0.3) is 0 Å². The summed E-state index contributed by atoms with van der Waals surface area (Å²) < 4.78 is 5.94. The molecule has 2 aromatic rings. The van der Waals surface area contributed by atoms with E-state index < -0.39 is 30.5 Å². The number of rotatable bonds is 11. The Hall–Kier alpha value is -2.73. The predicted octanol–water partition coefficient (Wildman–Crippen LogP) is 3.21. The zero-order valence-electron chi connectivity index (χ0n) is 24.8. The average Bonchev–Trinajstić information content (AvgIpc) is 2.95. The van der Waals surface area contributed by atoms with Gasteiger partial charge in [0.05, 0.1) is 5.54 Å². The Labute approximate surface area is 248 Å². The fourth-order valence-electron chi connectivity index (χ4n) is 4.77. The smallest absolute Gasteiger partial charge is 0.220 e. The molecule has 0 spiro atoms. The molecule has 5 atom stereocenters. The molecule has 3 rings (SSSR count). The Morgan fingerprint density at radius 3 is 2.44 bits per heavy atom. The summed E-state index contributed by atoms with van der Waals surface area (Å²) in [6.45, 7) is 7.27. The van der Waals surface area contributed by atoms with Gasteiger partial charge in [-0.3, -0.25) is 9.69 Å². The van der Waals surface area contributed by atoms with Gasteiger partial charge >= 0.3 is 0 Å². The summed E-state index contributed by atoms with van der Waals surface area (Å²) in [6, 6.07) is 14.3. The Bertz CT molecular complexity index is 1280. The highest BCUT2D eigenvalue weighted by Gasteiger charge is 2.43. The van der Waals surface area contributed by atoms with Crippen molar-refractivity contribution in [3.63, 3.8) is 0 Å². The fourth-order valence-corrected chi connectivity index (χ4v) is 5.19. The Kier molecular flexibility index (Phi) is 12.0. The van der Waals surface area contributed by atoms with Crippen molar-refractivity contribution in [1.82, 2.24) is 10.2 Å². The largest absolute Gasteiger partial charge is 0.387 e. The molecule has 7 nitrogen and oxygen atoms in total. The van der Waals surface area contributed by atoms with Crippen LogP contribution in [-0.2, 0) is 22.4 Å². The maximum absolute atomic E-state index is 12.2. The summed E-state index contributed by atoms with van der Waals surface area (Å²) in [6.07, 6.45) is 4.77. The molecule has 1 aliphatic rings. The number of terminal acetylenes is 1. The maximum Gasteiger partial charge on any atom is 0.220 e. The van der Waals surface area contributed by atoms with E-state index in [1.807, 2.05) is 46.0 Å². The monoisotopic (exact) mass is 580 g/mol. The first-order valence-corrected chi connectivity index (χ1v) is 15.3. The van der Waals surface area contributed by atoms with E-state index in [0.717, 1.165) is 35.1 Å². The first kappa shape index (κ1) is 32.8. The number of carbonyl (C=O) groups is 1. The minimum atomic E-state index is -1.32. The molecule has 1 fully saturated rings. The molecule has 1 aliphatic heterocycles. The van der Waals surface area contributed by atoms with Crippen molar-refractivity contribution in [3.05, 3.63) is 70.3 Å². The van der Waals surface area contributed by atoms with Crippen LogP contribution in [0.3, 0.4) is 0 Å². The molecule has 2 aromatic carbocycles.